The van der Waals surface area contributed by atoms with Crippen LogP contribution in [0.3, 0.4) is 0 Å². The lowest BCUT2D eigenvalue weighted by Gasteiger charge is -2.24. The third-order valence-electron chi connectivity index (χ3n) is 6.12. The van der Waals surface area contributed by atoms with Crippen LogP contribution in [0.2, 0.25) is 0 Å². The van der Waals surface area contributed by atoms with E-state index in [9.17, 15) is 0 Å². The highest BCUT2D eigenvalue weighted by Crippen LogP contribution is 2.38. The Morgan fingerprint density at radius 1 is 1.06 bits per heavy atom. The minimum Gasteiger partial charge on any atom is -0.489 e. The largest absolute Gasteiger partial charge is 0.489 e. The van der Waals surface area contributed by atoms with Gasteiger partial charge in [-0.15, -0.1) is 16.4 Å². The lowest BCUT2D eigenvalue weighted by atomic mass is 10.1. The van der Waals surface area contributed by atoms with Gasteiger partial charge in [-0.05, 0) is 30.3 Å². The summed E-state index contributed by atoms with van der Waals surface area (Å²) in [5.74, 6) is 1.97. The lowest BCUT2D eigenvalue weighted by Crippen LogP contribution is -2.26. The van der Waals surface area contributed by atoms with Crippen LogP contribution in [0.15, 0.2) is 48.2 Å². The second-order valence-electron chi connectivity index (χ2n) is 8.38. The number of ether oxygens (including phenoxy) is 3. The van der Waals surface area contributed by atoms with Gasteiger partial charge in [0, 0.05) is 37.2 Å². The molecule has 1 aliphatic heterocycles. The van der Waals surface area contributed by atoms with Gasteiger partial charge in [0.2, 0.25) is 5.88 Å². The van der Waals surface area contributed by atoms with Crippen molar-refractivity contribution in [2.45, 2.75) is 18.9 Å². The Balaban J connectivity index is 1.47. The fourth-order valence-corrected chi connectivity index (χ4v) is 5.06. The fourth-order valence-electron chi connectivity index (χ4n) is 4.34. The number of thiazole rings is 1. The zero-order valence-corrected chi connectivity index (χ0v) is 20.2. The Morgan fingerprint density at radius 2 is 1.94 bits per heavy atom. The molecule has 0 atom stereocenters. The molecule has 178 valence electrons. The molecular formula is C25H24N6O3S. The number of benzene rings is 2. The first kappa shape index (κ1) is 21.8. The van der Waals surface area contributed by atoms with E-state index in [2.05, 4.69) is 31.4 Å². The molecule has 0 aliphatic carbocycles. The fraction of sp³-hybridized carbons (Fsp3) is 0.280. The summed E-state index contributed by atoms with van der Waals surface area (Å²) in [5, 5.41) is 8.72. The number of aromatic nitrogens is 5. The average Bonchev–Trinajstić information content (AvgIpc) is 3.50. The van der Waals surface area contributed by atoms with Crippen molar-refractivity contribution in [2.24, 2.45) is 7.05 Å². The summed E-state index contributed by atoms with van der Waals surface area (Å²) in [5.41, 5.74) is 6.38. The van der Waals surface area contributed by atoms with Gasteiger partial charge in [-0.25, -0.2) is 15.0 Å². The number of hydrogen-bond acceptors (Lipinski definition) is 9. The predicted octanol–water partition coefficient (Wildman–Crippen LogP) is 4.95. The van der Waals surface area contributed by atoms with Crippen molar-refractivity contribution in [1.82, 2.24) is 24.7 Å². The van der Waals surface area contributed by atoms with Crippen LogP contribution in [0.4, 0.5) is 11.5 Å². The first-order valence-corrected chi connectivity index (χ1v) is 12.3. The van der Waals surface area contributed by atoms with Gasteiger partial charge in [0.15, 0.2) is 0 Å². The van der Waals surface area contributed by atoms with Crippen LogP contribution in [0.25, 0.3) is 32.4 Å². The molecule has 1 saturated heterocycles. The van der Waals surface area contributed by atoms with Crippen LogP contribution in [-0.4, -0.2) is 51.2 Å². The number of fused-ring (bicyclic) bond motifs is 2. The van der Waals surface area contributed by atoms with Crippen molar-refractivity contribution >= 4 is 44.0 Å². The minimum atomic E-state index is 0.0601. The maximum atomic E-state index is 6.57. The predicted molar refractivity (Wildman–Crippen MR) is 136 cm³/mol. The SMILES string of the molecule is COc1cc(-c2cc(OC3CCOCC3)c3c(Nc4ccc5ncsc5c4)ncnc3c2)n(C)n1. The number of rotatable bonds is 6. The van der Waals surface area contributed by atoms with E-state index in [4.69, 9.17) is 14.2 Å². The molecule has 9 nitrogen and oxygen atoms in total. The maximum absolute atomic E-state index is 6.57. The molecule has 3 aromatic heterocycles. The average molecular weight is 489 g/mol. The summed E-state index contributed by atoms with van der Waals surface area (Å²) in [4.78, 5) is 13.5. The first-order valence-electron chi connectivity index (χ1n) is 11.4. The summed E-state index contributed by atoms with van der Waals surface area (Å²) < 4.78 is 20.3. The normalized spacial score (nSPS) is 14.5. The van der Waals surface area contributed by atoms with Gasteiger partial charge in [0.1, 0.15) is 24.0 Å². The quantitative estimate of drug-likeness (QED) is 0.359. The third kappa shape index (κ3) is 4.26. The lowest BCUT2D eigenvalue weighted by molar-refractivity contribution is 0.0262. The summed E-state index contributed by atoms with van der Waals surface area (Å²) in [6.07, 6.45) is 3.31. The second-order valence-corrected chi connectivity index (χ2v) is 9.26. The summed E-state index contributed by atoms with van der Waals surface area (Å²) in [7, 11) is 3.50. The molecule has 0 radical (unpaired) electrons. The molecule has 6 rings (SSSR count). The van der Waals surface area contributed by atoms with Crippen LogP contribution in [0, 0.1) is 0 Å². The molecule has 0 saturated carbocycles. The molecule has 0 unspecified atom stereocenters. The number of nitrogens with one attached hydrogen (secondary N) is 1. The molecule has 1 fully saturated rings. The van der Waals surface area contributed by atoms with E-state index in [0.29, 0.717) is 24.9 Å². The van der Waals surface area contributed by atoms with Crippen molar-refractivity contribution in [3.8, 4) is 22.9 Å². The van der Waals surface area contributed by atoms with Crippen molar-refractivity contribution in [3.05, 3.63) is 48.2 Å². The monoisotopic (exact) mass is 488 g/mol. The van der Waals surface area contributed by atoms with Gasteiger partial charge in [-0.3, -0.25) is 4.68 Å². The van der Waals surface area contributed by atoms with Crippen LogP contribution in [0.1, 0.15) is 12.8 Å². The van der Waals surface area contributed by atoms with E-state index in [0.717, 1.165) is 56.7 Å². The molecule has 1 N–H and O–H groups in total. The number of methoxy groups -OCH3 is 1. The number of nitrogens with zero attached hydrogens (tertiary/aromatic N) is 5. The molecule has 35 heavy (non-hydrogen) atoms. The molecule has 0 amide bonds. The topological polar surface area (TPSA) is 96.2 Å². The van der Waals surface area contributed by atoms with Gasteiger partial charge >= 0.3 is 0 Å². The van der Waals surface area contributed by atoms with Crippen molar-refractivity contribution in [1.29, 1.82) is 0 Å². The molecular weight excluding hydrogens is 464 g/mol. The Bertz CT molecular complexity index is 1510. The van der Waals surface area contributed by atoms with E-state index >= 15 is 0 Å². The second kappa shape index (κ2) is 9.12. The summed E-state index contributed by atoms with van der Waals surface area (Å²) in [6, 6.07) is 12.1. The Labute approximate surface area is 205 Å². The van der Waals surface area contributed by atoms with Crippen LogP contribution >= 0.6 is 11.3 Å². The van der Waals surface area contributed by atoms with E-state index in [1.54, 1.807) is 29.5 Å². The van der Waals surface area contributed by atoms with Gasteiger partial charge in [-0.2, -0.15) is 0 Å². The molecule has 10 heteroatoms. The standard InChI is InChI=1S/C25H24N6O3S/c1-31-20(12-23(30-31)32-2)15-9-19-24(21(10-15)34-17-5-7-33-8-6-17)25(27-13-26-19)29-16-3-4-18-22(11-16)35-14-28-18/h3-4,9-14,17H,5-8H2,1-2H3,(H,26,27,29). The zero-order chi connectivity index (χ0) is 23.8. The van der Waals surface area contributed by atoms with Crippen molar-refractivity contribution in [2.75, 3.05) is 25.6 Å². The Kier molecular flexibility index (Phi) is 5.67. The molecule has 5 aromatic rings. The molecule has 0 bridgehead atoms. The molecule has 2 aromatic carbocycles. The highest BCUT2D eigenvalue weighted by molar-refractivity contribution is 7.16. The highest BCUT2D eigenvalue weighted by atomic mass is 32.1. The van der Waals surface area contributed by atoms with Gasteiger partial charge in [0.25, 0.3) is 0 Å². The van der Waals surface area contributed by atoms with Crippen LogP contribution in [-0.2, 0) is 11.8 Å². The van der Waals surface area contributed by atoms with E-state index in [-0.39, 0.29) is 6.10 Å². The number of hydrogen-bond donors (Lipinski definition) is 1. The zero-order valence-electron chi connectivity index (χ0n) is 19.4. The third-order valence-corrected chi connectivity index (χ3v) is 6.91. The molecule has 4 heterocycles. The Morgan fingerprint density at radius 3 is 2.77 bits per heavy atom. The van der Waals surface area contributed by atoms with Crippen LogP contribution in [0.5, 0.6) is 11.6 Å². The van der Waals surface area contributed by atoms with Crippen molar-refractivity contribution < 1.29 is 14.2 Å². The van der Waals surface area contributed by atoms with E-state index < -0.39 is 0 Å². The van der Waals surface area contributed by atoms with E-state index in [1.165, 1.54) is 0 Å². The number of anilines is 2. The van der Waals surface area contributed by atoms with Gasteiger partial charge in [0.05, 0.1) is 52.6 Å². The Hall–Kier alpha value is -3.76. The maximum Gasteiger partial charge on any atom is 0.233 e. The van der Waals surface area contributed by atoms with Gasteiger partial charge < -0.3 is 19.5 Å². The summed E-state index contributed by atoms with van der Waals surface area (Å²) >= 11 is 1.61. The smallest absolute Gasteiger partial charge is 0.233 e. The van der Waals surface area contributed by atoms with Crippen LogP contribution < -0.4 is 14.8 Å². The van der Waals surface area contributed by atoms with Gasteiger partial charge in [-0.1, -0.05) is 0 Å². The molecule has 1 aliphatic rings. The molecule has 0 spiro atoms. The minimum absolute atomic E-state index is 0.0601. The highest BCUT2D eigenvalue weighted by Gasteiger charge is 2.21. The number of aryl methyl sites for hydroxylation is 1. The summed E-state index contributed by atoms with van der Waals surface area (Å²) in [6.45, 7) is 1.38. The first-order chi connectivity index (χ1) is 17.2. The van der Waals surface area contributed by atoms with Crippen molar-refractivity contribution in [3.63, 3.8) is 0 Å². The van der Waals surface area contributed by atoms with E-state index in [1.807, 2.05) is 42.9 Å².